The number of ketones is 1. The SMILES string of the molecule is CCOc1ccc(C=CC(=O)O)c(C(Br)C(C)=O)c1. The summed E-state index contributed by atoms with van der Waals surface area (Å²) in [5.41, 5.74) is 1.36. The van der Waals surface area contributed by atoms with Gasteiger partial charge in [0.15, 0.2) is 0 Å². The lowest BCUT2D eigenvalue weighted by Crippen LogP contribution is -2.04. The highest BCUT2D eigenvalue weighted by Gasteiger charge is 2.16. The Kier molecular flexibility index (Phi) is 5.76. The fraction of sp³-hybridized carbons (Fsp3) is 0.286. The zero-order valence-electron chi connectivity index (χ0n) is 10.7. The van der Waals surface area contributed by atoms with Crippen LogP contribution in [0.25, 0.3) is 6.08 Å². The number of aliphatic carboxylic acids is 1. The molecule has 0 heterocycles. The minimum atomic E-state index is -1.03. The fourth-order valence-corrected chi connectivity index (χ4v) is 1.96. The number of carboxylic acids is 1. The van der Waals surface area contributed by atoms with Crippen LogP contribution in [-0.4, -0.2) is 23.5 Å². The Morgan fingerprint density at radius 2 is 2.16 bits per heavy atom. The minimum Gasteiger partial charge on any atom is -0.494 e. The molecule has 0 fully saturated rings. The number of alkyl halides is 1. The van der Waals surface area contributed by atoms with Crippen molar-refractivity contribution in [1.82, 2.24) is 0 Å². The van der Waals surface area contributed by atoms with Gasteiger partial charge in [-0.25, -0.2) is 4.79 Å². The van der Waals surface area contributed by atoms with Gasteiger partial charge in [0.05, 0.1) is 11.4 Å². The highest BCUT2D eigenvalue weighted by molar-refractivity contribution is 9.09. The third kappa shape index (κ3) is 4.52. The molecule has 5 heteroatoms. The van der Waals surface area contributed by atoms with Crippen LogP contribution in [0.3, 0.4) is 0 Å². The Morgan fingerprint density at radius 1 is 1.47 bits per heavy atom. The molecule has 0 amide bonds. The van der Waals surface area contributed by atoms with Crippen molar-refractivity contribution in [3.05, 3.63) is 35.4 Å². The average molecular weight is 327 g/mol. The van der Waals surface area contributed by atoms with Crippen LogP contribution >= 0.6 is 15.9 Å². The predicted octanol–water partition coefficient (Wildman–Crippen LogP) is 3.21. The Labute approximate surface area is 120 Å². The molecule has 1 unspecified atom stereocenters. The number of rotatable bonds is 6. The number of benzene rings is 1. The number of carbonyl (C=O) groups is 2. The molecule has 0 aliphatic carbocycles. The molecular weight excluding hydrogens is 312 g/mol. The molecule has 1 aromatic carbocycles. The van der Waals surface area contributed by atoms with Crippen molar-refractivity contribution in [1.29, 1.82) is 0 Å². The summed E-state index contributed by atoms with van der Waals surface area (Å²) in [6.45, 7) is 3.86. The molecule has 0 saturated carbocycles. The molecule has 19 heavy (non-hydrogen) atoms. The zero-order chi connectivity index (χ0) is 14.4. The summed E-state index contributed by atoms with van der Waals surface area (Å²) in [6.07, 6.45) is 2.50. The summed E-state index contributed by atoms with van der Waals surface area (Å²) in [5, 5.41) is 8.66. The number of Topliss-reactive ketones (excluding diaryl/α,β-unsaturated/α-hetero) is 1. The number of ether oxygens (including phenoxy) is 1. The smallest absolute Gasteiger partial charge is 0.328 e. The summed E-state index contributed by atoms with van der Waals surface area (Å²) >= 11 is 3.31. The highest BCUT2D eigenvalue weighted by Crippen LogP contribution is 2.31. The monoisotopic (exact) mass is 326 g/mol. The van der Waals surface area contributed by atoms with E-state index >= 15 is 0 Å². The first-order chi connectivity index (χ1) is 8.95. The van der Waals surface area contributed by atoms with Gasteiger partial charge in [-0.2, -0.15) is 0 Å². The lowest BCUT2D eigenvalue weighted by Gasteiger charge is -2.13. The summed E-state index contributed by atoms with van der Waals surface area (Å²) in [5.74, 6) is -0.442. The number of halogens is 1. The van der Waals surface area contributed by atoms with Crippen molar-refractivity contribution < 1.29 is 19.4 Å². The second-order valence-electron chi connectivity index (χ2n) is 3.87. The predicted molar refractivity (Wildman–Crippen MR) is 76.6 cm³/mol. The molecule has 0 bridgehead atoms. The van der Waals surface area contributed by atoms with E-state index in [2.05, 4.69) is 15.9 Å². The topological polar surface area (TPSA) is 63.6 Å². The lowest BCUT2D eigenvalue weighted by atomic mass is 10.0. The highest BCUT2D eigenvalue weighted by atomic mass is 79.9. The molecule has 102 valence electrons. The Bertz CT molecular complexity index is 508. The quantitative estimate of drug-likeness (QED) is 0.644. The molecule has 0 saturated heterocycles. The van der Waals surface area contributed by atoms with Gasteiger partial charge in [0.2, 0.25) is 0 Å². The van der Waals surface area contributed by atoms with Crippen molar-refractivity contribution in [3.8, 4) is 5.75 Å². The summed E-state index contributed by atoms with van der Waals surface area (Å²) < 4.78 is 5.38. The van der Waals surface area contributed by atoms with E-state index in [-0.39, 0.29) is 5.78 Å². The molecule has 1 atom stereocenters. The van der Waals surface area contributed by atoms with Crippen LogP contribution in [0, 0.1) is 0 Å². The number of hydrogen-bond acceptors (Lipinski definition) is 3. The standard InChI is InChI=1S/C14H15BrO4/c1-3-19-11-6-4-10(5-7-13(17)18)12(8-11)14(15)9(2)16/h4-8,14H,3H2,1-2H3,(H,17,18). The van der Waals surface area contributed by atoms with E-state index in [1.54, 1.807) is 18.2 Å². The number of carboxylic acid groups (broad SMARTS) is 1. The zero-order valence-corrected chi connectivity index (χ0v) is 12.3. The van der Waals surface area contributed by atoms with Gasteiger partial charge in [0.25, 0.3) is 0 Å². The van der Waals surface area contributed by atoms with Gasteiger partial charge in [0.1, 0.15) is 11.5 Å². The molecule has 0 aliphatic rings. The van der Waals surface area contributed by atoms with E-state index in [0.717, 1.165) is 6.08 Å². The second kappa shape index (κ2) is 7.09. The normalized spacial score (nSPS) is 12.4. The van der Waals surface area contributed by atoms with Gasteiger partial charge in [-0.1, -0.05) is 22.0 Å². The largest absolute Gasteiger partial charge is 0.494 e. The van der Waals surface area contributed by atoms with E-state index in [9.17, 15) is 9.59 Å². The molecule has 0 aliphatic heterocycles. The Balaban J connectivity index is 3.21. The van der Waals surface area contributed by atoms with E-state index in [1.165, 1.54) is 13.0 Å². The van der Waals surface area contributed by atoms with Crippen LogP contribution in [-0.2, 0) is 9.59 Å². The first kappa shape index (κ1) is 15.4. The van der Waals surface area contributed by atoms with E-state index in [0.29, 0.717) is 23.5 Å². The first-order valence-electron chi connectivity index (χ1n) is 5.78. The van der Waals surface area contributed by atoms with Gasteiger partial charge in [0, 0.05) is 6.08 Å². The second-order valence-corrected chi connectivity index (χ2v) is 4.78. The van der Waals surface area contributed by atoms with Crippen molar-refractivity contribution in [2.24, 2.45) is 0 Å². The molecule has 1 rings (SSSR count). The van der Waals surface area contributed by atoms with Gasteiger partial charge < -0.3 is 9.84 Å². The molecule has 0 radical (unpaired) electrons. The number of hydrogen-bond donors (Lipinski definition) is 1. The maximum absolute atomic E-state index is 11.5. The van der Waals surface area contributed by atoms with Crippen molar-refractivity contribution in [2.75, 3.05) is 6.61 Å². The molecule has 1 N–H and O–H groups in total. The Morgan fingerprint density at radius 3 is 2.68 bits per heavy atom. The summed E-state index contributed by atoms with van der Waals surface area (Å²) in [6, 6.07) is 5.22. The Hall–Kier alpha value is -1.62. The third-order valence-electron chi connectivity index (χ3n) is 2.40. The first-order valence-corrected chi connectivity index (χ1v) is 6.69. The van der Waals surface area contributed by atoms with Crippen LogP contribution in [0.1, 0.15) is 29.8 Å². The minimum absolute atomic E-state index is 0.0568. The van der Waals surface area contributed by atoms with Crippen LogP contribution < -0.4 is 4.74 Å². The van der Waals surface area contributed by atoms with Crippen molar-refractivity contribution >= 4 is 33.8 Å². The van der Waals surface area contributed by atoms with Gasteiger partial charge in [-0.05, 0) is 43.2 Å². The fourth-order valence-electron chi connectivity index (χ4n) is 1.56. The maximum atomic E-state index is 11.5. The van der Waals surface area contributed by atoms with Gasteiger partial charge in [-0.15, -0.1) is 0 Å². The van der Waals surface area contributed by atoms with Crippen LogP contribution in [0.4, 0.5) is 0 Å². The van der Waals surface area contributed by atoms with E-state index in [4.69, 9.17) is 9.84 Å². The van der Waals surface area contributed by atoms with E-state index < -0.39 is 10.8 Å². The molecule has 0 aromatic heterocycles. The van der Waals surface area contributed by atoms with Crippen molar-refractivity contribution in [2.45, 2.75) is 18.7 Å². The molecule has 1 aromatic rings. The number of carbonyl (C=O) groups excluding carboxylic acids is 1. The van der Waals surface area contributed by atoms with Crippen molar-refractivity contribution in [3.63, 3.8) is 0 Å². The lowest BCUT2D eigenvalue weighted by molar-refractivity contribution is -0.131. The summed E-state index contributed by atoms with van der Waals surface area (Å²) in [7, 11) is 0. The average Bonchev–Trinajstić information content (AvgIpc) is 2.36. The third-order valence-corrected chi connectivity index (χ3v) is 3.54. The maximum Gasteiger partial charge on any atom is 0.328 e. The van der Waals surface area contributed by atoms with Crippen LogP contribution in [0.15, 0.2) is 24.3 Å². The molecule has 0 spiro atoms. The van der Waals surface area contributed by atoms with Crippen LogP contribution in [0.5, 0.6) is 5.75 Å². The summed E-state index contributed by atoms with van der Waals surface area (Å²) in [4.78, 5) is 21.6. The molecular formula is C14H15BrO4. The van der Waals surface area contributed by atoms with Crippen LogP contribution in [0.2, 0.25) is 0 Å². The van der Waals surface area contributed by atoms with Gasteiger partial charge in [-0.3, -0.25) is 4.79 Å². The van der Waals surface area contributed by atoms with Gasteiger partial charge >= 0.3 is 5.97 Å². The van der Waals surface area contributed by atoms with E-state index in [1.807, 2.05) is 6.92 Å². The molecule has 4 nitrogen and oxygen atoms in total.